The molecule has 1 aromatic heterocycles. The maximum Gasteiger partial charge on any atom is 0.127 e. The van der Waals surface area contributed by atoms with Gasteiger partial charge in [-0.25, -0.2) is 4.98 Å². The van der Waals surface area contributed by atoms with Gasteiger partial charge in [0.2, 0.25) is 0 Å². The van der Waals surface area contributed by atoms with Gasteiger partial charge in [-0.1, -0.05) is 25.0 Å². The van der Waals surface area contributed by atoms with Crippen LogP contribution in [-0.2, 0) is 6.54 Å². The molecule has 0 amide bonds. The summed E-state index contributed by atoms with van der Waals surface area (Å²) in [5, 5.41) is -0.0263. The Hall–Kier alpha value is -1.02. The number of hydrogen-bond acceptors (Lipinski definition) is 1. The predicted octanol–water partition coefficient (Wildman–Crippen LogP) is 4.14. The van der Waals surface area contributed by atoms with Gasteiger partial charge in [-0.05, 0) is 31.4 Å². The van der Waals surface area contributed by atoms with E-state index in [1.54, 1.807) is 0 Å². The van der Waals surface area contributed by atoms with E-state index in [0.29, 0.717) is 0 Å². The fraction of sp³-hybridized carbons (Fsp3) is 0.500. The molecule has 1 fully saturated rings. The summed E-state index contributed by atoms with van der Waals surface area (Å²) in [6.07, 6.45) is 4.06. The van der Waals surface area contributed by atoms with E-state index in [-0.39, 0.29) is 5.38 Å². The second kappa shape index (κ2) is 4.34. The van der Waals surface area contributed by atoms with Crippen molar-refractivity contribution >= 4 is 22.6 Å². The molecule has 3 rings (SSSR count). The minimum atomic E-state index is -0.0263. The van der Waals surface area contributed by atoms with Crippen molar-refractivity contribution in [2.24, 2.45) is 5.92 Å². The monoisotopic (exact) mass is 248 g/mol. The van der Waals surface area contributed by atoms with Crippen LogP contribution in [0.4, 0.5) is 0 Å². The van der Waals surface area contributed by atoms with E-state index in [1.165, 1.54) is 24.8 Å². The number of imidazole rings is 1. The summed E-state index contributed by atoms with van der Waals surface area (Å²) in [5.74, 6) is 1.95. The molecule has 0 aliphatic heterocycles. The van der Waals surface area contributed by atoms with Gasteiger partial charge in [0.25, 0.3) is 0 Å². The molecular formula is C14H17ClN2. The Morgan fingerprint density at radius 2 is 2.18 bits per heavy atom. The summed E-state index contributed by atoms with van der Waals surface area (Å²) in [4.78, 5) is 4.64. The Labute approximate surface area is 107 Å². The summed E-state index contributed by atoms with van der Waals surface area (Å²) < 4.78 is 2.30. The third kappa shape index (κ3) is 2.19. The topological polar surface area (TPSA) is 17.8 Å². The number of aromatic nitrogens is 2. The molecule has 17 heavy (non-hydrogen) atoms. The van der Waals surface area contributed by atoms with E-state index in [0.717, 1.165) is 23.8 Å². The van der Waals surface area contributed by atoms with Crippen molar-refractivity contribution in [2.75, 3.05) is 0 Å². The third-order valence-corrected chi connectivity index (χ3v) is 3.69. The van der Waals surface area contributed by atoms with Crippen LogP contribution in [0.15, 0.2) is 24.3 Å². The number of nitrogens with zero attached hydrogens (tertiary/aromatic N) is 2. The molecule has 90 valence electrons. The van der Waals surface area contributed by atoms with Crippen LogP contribution in [0.1, 0.15) is 37.4 Å². The molecular weight excluding hydrogens is 232 g/mol. The fourth-order valence-electron chi connectivity index (χ4n) is 2.35. The normalized spacial score (nSPS) is 17.5. The Kier molecular flexibility index (Phi) is 2.83. The standard InChI is InChI=1S/C14H17ClN2/c1-10(15)14-16-12-4-2-3-5-13(12)17(14)9-8-11-6-7-11/h2-5,10-11H,6-9H2,1H3. The molecule has 1 unspecified atom stereocenters. The molecule has 1 heterocycles. The lowest BCUT2D eigenvalue weighted by Gasteiger charge is -2.09. The Morgan fingerprint density at radius 3 is 2.88 bits per heavy atom. The van der Waals surface area contributed by atoms with E-state index in [9.17, 15) is 0 Å². The van der Waals surface area contributed by atoms with Gasteiger partial charge < -0.3 is 4.57 Å². The van der Waals surface area contributed by atoms with Crippen molar-refractivity contribution in [1.82, 2.24) is 9.55 Å². The minimum Gasteiger partial charge on any atom is -0.327 e. The van der Waals surface area contributed by atoms with Crippen molar-refractivity contribution in [1.29, 1.82) is 0 Å². The first-order chi connectivity index (χ1) is 8.25. The Morgan fingerprint density at radius 1 is 1.41 bits per heavy atom. The summed E-state index contributed by atoms with van der Waals surface area (Å²) in [7, 11) is 0. The minimum absolute atomic E-state index is 0.0263. The summed E-state index contributed by atoms with van der Waals surface area (Å²) in [6, 6.07) is 8.30. The van der Waals surface area contributed by atoms with Gasteiger partial charge in [-0.2, -0.15) is 0 Å². The zero-order valence-electron chi connectivity index (χ0n) is 10.1. The van der Waals surface area contributed by atoms with E-state index in [2.05, 4.69) is 27.8 Å². The van der Waals surface area contributed by atoms with Gasteiger partial charge in [0.05, 0.1) is 16.4 Å². The fourth-order valence-corrected chi connectivity index (χ4v) is 2.52. The zero-order valence-corrected chi connectivity index (χ0v) is 10.8. The highest BCUT2D eigenvalue weighted by Gasteiger charge is 2.22. The number of aryl methyl sites for hydroxylation is 1. The van der Waals surface area contributed by atoms with Crippen LogP contribution in [-0.4, -0.2) is 9.55 Å². The van der Waals surface area contributed by atoms with Crippen LogP contribution in [0.5, 0.6) is 0 Å². The molecule has 0 spiro atoms. The number of halogens is 1. The Balaban J connectivity index is 2.00. The first kappa shape index (κ1) is 11.1. The largest absolute Gasteiger partial charge is 0.327 e. The number of benzene rings is 1. The second-order valence-corrected chi connectivity index (χ2v) is 5.61. The first-order valence-electron chi connectivity index (χ1n) is 6.35. The quantitative estimate of drug-likeness (QED) is 0.744. The summed E-state index contributed by atoms with van der Waals surface area (Å²) >= 11 is 6.23. The smallest absolute Gasteiger partial charge is 0.127 e. The van der Waals surface area contributed by atoms with Crippen molar-refractivity contribution in [3.63, 3.8) is 0 Å². The maximum atomic E-state index is 6.23. The number of fused-ring (bicyclic) bond motifs is 1. The molecule has 1 aliphatic carbocycles. The van der Waals surface area contributed by atoms with Crippen LogP contribution in [0.25, 0.3) is 11.0 Å². The molecule has 0 radical (unpaired) electrons. The lowest BCUT2D eigenvalue weighted by Crippen LogP contribution is -2.05. The third-order valence-electron chi connectivity index (χ3n) is 3.50. The first-order valence-corrected chi connectivity index (χ1v) is 6.78. The molecule has 1 saturated carbocycles. The average molecular weight is 249 g/mol. The lowest BCUT2D eigenvalue weighted by molar-refractivity contribution is 0.585. The van der Waals surface area contributed by atoms with E-state index >= 15 is 0 Å². The number of para-hydroxylation sites is 2. The average Bonchev–Trinajstić information content (AvgIpc) is 3.07. The van der Waals surface area contributed by atoms with Gasteiger partial charge >= 0.3 is 0 Å². The second-order valence-electron chi connectivity index (χ2n) is 4.96. The number of alkyl halides is 1. The van der Waals surface area contributed by atoms with Crippen LogP contribution in [0.2, 0.25) is 0 Å². The van der Waals surface area contributed by atoms with E-state index in [4.69, 9.17) is 11.6 Å². The van der Waals surface area contributed by atoms with Gasteiger partial charge in [-0.15, -0.1) is 11.6 Å². The zero-order chi connectivity index (χ0) is 11.8. The van der Waals surface area contributed by atoms with Crippen LogP contribution < -0.4 is 0 Å². The molecule has 1 atom stereocenters. The Bertz CT molecular complexity index is 526. The SMILES string of the molecule is CC(Cl)c1nc2ccccc2n1CCC1CC1. The van der Waals surface area contributed by atoms with Crippen LogP contribution >= 0.6 is 11.6 Å². The van der Waals surface area contributed by atoms with Gasteiger partial charge in [0, 0.05) is 6.54 Å². The number of rotatable bonds is 4. The molecule has 0 N–H and O–H groups in total. The molecule has 0 saturated heterocycles. The van der Waals surface area contributed by atoms with Crippen molar-refractivity contribution in [3.05, 3.63) is 30.1 Å². The predicted molar refractivity (Wildman–Crippen MR) is 71.3 cm³/mol. The maximum absolute atomic E-state index is 6.23. The highest BCUT2D eigenvalue weighted by molar-refractivity contribution is 6.20. The number of hydrogen-bond donors (Lipinski definition) is 0. The van der Waals surface area contributed by atoms with Gasteiger partial charge in [0.1, 0.15) is 5.82 Å². The highest BCUT2D eigenvalue weighted by atomic mass is 35.5. The van der Waals surface area contributed by atoms with Gasteiger partial charge in [0.15, 0.2) is 0 Å². The molecule has 0 bridgehead atoms. The van der Waals surface area contributed by atoms with Crippen molar-refractivity contribution in [3.8, 4) is 0 Å². The van der Waals surface area contributed by atoms with Crippen molar-refractivity contribution < 1.29 is 0 Å². The highest BCUT2D eigenvalue weighted by Crippen LogP contribution is 2.34. The lowest BCUT2D eigenvalue weighted by atomic mass is 10.2. The van der Waals surface area contributed by atoms with Crippen LogP contribution in [0, 0.1) is 5.92 Å². The molecule has 3 heteroatoms. The molecule has 1 aromatic carbocycles. The molecule has 1 aliphatic rings. The van der Waals surface area contributed by atoms with E-state index < -0.39 is 0 Å². The van der Waals surface area contributed by atoms with Crippen LogP contribution in [0.3, 0.4) is 0 Å². The molecule has 2 aromatic rings. The summed E-state index contributed by atoms with van der Waals surface area (Å²) in [6.45, 7) is 3.05. The van der Waals surface area contributed by atoms with E-state index in [1.807, 2.05) is 13.0 Å². The van der Waals surface area contributed by atoms with Gasteiger partial charge in [-0.3, -0.25) is 0 Å². The van der Waals surface area contributed by atoms with Crippen molar-refractivity contribution in [2.45, 2.75) is 38.1 Å². The molecule has 2 nitrogen and oxygen atoms in total. The summed E-state index contributed by atoms with van der Waals surface area (Å²) in [5.41, 5.74) is 2.28.